The molecule has 27 heavy (non-hydrogen) atoms. The Labute approximate surface area is 158 Å². The summed E-state index contributed by atoms with van der Waals surface area (Å²) >= 11 is 0. The lowest BCUT2D eigenvalue weighted by atomic mass is 10.1. The molecular formula is C19H20N4O3S. The van der Waals surface area contributed by atoms with Gasteiger partial charge < -0.3 is 5.32 Å². The van der Waals surface area contributed by atoms with Crippen molar-refractivity contribution in [2.24, 2.45) is 0 Å². The molecule has 0 aliphatic rings. The van der Waals surface area contributed by atoms with Gasteiger partial charge >= 0.3 is 0 Å². The monoisotopic (exact) mass is 384 g/mol. The predicted molar refractivity (Wildman–Crippen MR) is 102 cm³/mol. The highest BCUT2D eigenvalue weighted by molar-refractivity contribution is 7.89. The number of benzene rings is 2. The average molecular weight is 384 g/mol. The Kier molecular flexibility index (Phi) is 5.68. The number of carbonyl (C=O) groups excluding carboxylic acids is 1. The van der Waals surface area contributed by atoms with Crippen LogP contribution in [-0.2, 0) is 16.4 Å². The molecule has 0 saturated heterocycles. The molecule has 1 amide bonds. The van der Waals surface area contributed by atoms with Crippen LogP contribution in [0.1, 0.15) is 15.9 Å². The number of nitrogens with one attached hydrogen (secondary N) is 2. The van der Waals surface area contributed by atoms with Gasteiger partial charge in [-0.1, -0.05) is 12.1 Å². The minimum atomic E-state index is -3.50. The van der Waals surface area contributed by atoms with E-state index in [2.05, 4.69) is 15.1 Å². The Morgan fingerprint density at radius 1 is 1.07 bits per heavy atom. The minimum Gasteiger partial charge on any atom is -0.352 e. The maximum absolute atomic E-state index is 12.2. The van der Waals surface area contributed by atoms with Gasteiger partial charge in [0.15, 0.2) is 0 Å². The van der Waals surface area contributed by atoms with Crippen LogP contribution in [0.3, 0.4) is 0 Å². The molecule has 0 aliphatic carbocycles. The zero-order chi connectivity index (χ0) is 19.3. The molecule has 2 N–H and O–H groups in total. The van der Waals surface area contributed by atoms with Gasteiger partial charge in [0.1, 0.15) is 0 Å². The highest BCUT2D eigenvalue weighted by Gasteiger charge is 2.12. The minimum absolute atomic E-state index is 0.124. The molecule has 8 heteroatoms. The third-order valence-electron chi connectivity index (χ3n) is 4.10. The van der Waals surface area contributed by atoms with E-state index < -0.39 is 10.0 Å². The third kappa shape index (κ3) is 4.60. The maximum atomic E-state index is 12.2. The lowest BCUT2D eigenvalue weighted by Gasteiger charge is -2.08. The molecule has 1 aromatic heterocycles. The second-order valence-corrected chi connectivity index (χ2v) is 7.74. The fourth-order valence-electron chi connectivity index (χ4n) is 2.56. The van der Waals surface area contributed by atoms with Crippen LogP contribution in [0.15, 0.2) is 71.9 Å². The Hall–Kier alpha value is -2.97. The summed E-state index contributed by atoms with van der Waals surface area (Å²) in [6.07, 6.45) is 4.30. The molecule has 2 aromatic carbocycles. The molecule has 0 saturated carbocycles. The first-order chi connectivity index (χ1) is 13.0. The number of rotatable bonds is 7. The van der Waals surface area contributed by atoms with Gasteiger partial charge in [-0.25, -0.2) is 17.8 Å². The van der Waals surface area contributed by atoms with Crippen LogP contribution >= 0.6 is 0 Å². The topological polar surface area (TPSA) is 93.1 Å². The molecular weight excluding hydrogens is 364 g/mol. The fourth-order valence-corrected chi connectivity index (χ4v) is 3.29. The maximum Gasteiger partial charge on any atom is 0.251 e. The van der Waals surface area contributed by atoms with Gasteiger partial charge in [0, 0.05) is 24.5 Å². The van der Waals surface area contributed by atoms with E-state index in [1.165, 1.54) is 31.3 Å². The van der Waals surface area contributed by atoms with Crippen molar-refractivity contribution >= 4 is 15.9 Å². The van der Waals surface area contributed by atoms with Crippen LogP contribution in [0.2, 0.25) is 0 Å². The summed E-state index contributed by atoms with van der Waals surface area (Å²) < 4.78 is 27.4. The van der Waals surface area contributed by atoms with Crippen molar-refractivity contribution in [3.63, 3.8) is 0 Å². The van der Waals surface area contributed by atoms with Crippen LogP contribution in [0, 0.1) is 0 Å². The lowest BCUT2D eigenvalue weighted by Crippen LogP contribution is -2.26. The number of carbonyl (C=O) groups is 1. The van der Waals surface area contributed by atoms with Gasteiger partial charge in [0.25, 0.3) is 5.91 Å². The molecule has 3 rings (SSSR count). The molecule has 0 spiro atoms. The number of hydrogen-bond donors (Lipinski definition) is 2. The smallest absolute Gasteiger partial charge is 0.251 e. The van der Waals surface area contributed by atoms with Gasteiger partial charge in [-0.3, -0.25) is 4.79 Å². The molecule has 0 aliphatic heterocycles. The summed E-state index contributed by atoms with van der Waals surface area (Å²) in [5.74, 6) is -0.239. The largest absolute Gasteiger partial charge is 0.352 e. The highest BCUT2D eigenvalue weighted by Crippen LogP contribution is 2.11. The van der Waals surface area contributed by atoms with Gasteiger partial charge in [-0.05, 0) is 61.5 Å². The van der Waals surface area contributed by atoms with E-state index >= 15 is 0 Å². The van der Waals surface area contributed by atoms with Gasteiger partial charge in [-0.15, -0.1) is 0 Å². The Bertz CT molecular complexity index is 996. The van der Waals surface area contributed by atoms with Crippen LogP contribution in [0.5, 0.6) is 0 Å². The first kappa shape index (κ1) is 18.8. The van der Waals surface area contributed by atoms with E-state index in [0.29, 0.717) is 18.5 Å². The molecule has 140 valence electrons. The quantitative estimate of drug-likeness (QED) is 0.649. The second kappa shape index (κ2) is 8.15. The second-order valence-electron chi connectivity index (χ2n) is 5.85. The van der Waals surface area contributed by atoms with Crippen LogP contribution < -0.4 is 10.0 Å². The first-order valence-electron chi connectivity index (χ1n) is 8.40. The first-order valence-corrected chi connectivity index (χ1v) is 9.89. The van der Waals surface area contributed by atoms with Crippen LogP contribution in [0.4, 0.5) is 0 Å². The van der Waals surface area contributed by atoms with Crippen molar-refractivity contribution in [2.75, 3.05) is 13.6 Å². The fraction of sp³-hybridized carbons (Fsp3) is 0.158. The molecule has 1 heterocycles. The Morgan fingerprint density at radius 3 is 2.37 bits per heavy atom. The van der Waals surface area contributed by atoms with Gasteiger partial charge in [-0.2, -0.15) is 5.10 Å². The molecule has 0 atom stereocenters. The predicted octanol–water partition coefficient (Wildman–Crippen LogP) is 1.75. The van der Waals surface area contributed by atoms with Crippen molar-refractivity contribution in [1.29, 1.82) is 0 Å². The van der Waals surface area contributed by atoms with E-state index in [1.807, 2.05) is 36.5 Å². The standard InChI is InChI=1S/C19H20N4O3S/c1-20-27(25,26)18-9-5-16(6-10-18)19(24)21-13-11-15-3-7-17(8-4-15)23-14-2-12-22-23/h2-10,12,14,20H,11,13H2,1H3,(H,21,24). The van der Waals surface area contributed by atoms with Crippen LogP contribution in [0.25, 0.3) is 5.69 Å². The summed E-state index contributed by atoms with van der Waals surface area (Å²) in [5, 5.41) is 7.02. The third-order valence-corrected chi connectivity index (χ3v) is 5.53. The summed E-state index contributed by atoms with van der Waals surface area (Å²) in [4.78, 5) is 12.3. The molecule has 7 nitrogen and oxygen atoms in total. The van der Waals surface area contributed by atoms with E-state index in [-0.39, 0.29) is 10.8 Å². The Balaban J connectivity index is 1.53. The number of nitrogens with zero attached hydrogens (tertiary/aromatic N) is 2. The highest BCUT2D eigenvalue weighted by atomic mass is 32.2. The van der Waals surface area contributed by atoms with Gasteiger partial charge in [0.05, 0.1) is 10.6 Å². The van der Waals surface area contributed by atoms with E-state index in [1.54, 1.807) is 10.9 Å². The Morgan fingerprint density at radius 2 is 1.78 bits per heavy atom. The molecule has 0 fully saturated rings. The molecule has 0 bridgehead atoms. The van der Waals surface area contributed by atoms with Crippen molar-refractivity contribution in [1.82, 2.24) is 19.8 Å². The van der Waals surface area contributed by atoms with Gasteiger partial charge in [0.2, 0.25) is 10.0 Å². The summed E-state index contributed by atoms with van der Waals surface area (Å²) in [5.41, 5.74) is 2.49. The van der Waals surface area contributed by atoms with Crippen LogP contribution in [-0.4, -0.2) is 37.7 Å². The molecule has 3 aromatic rings. The molecule has 0 unspecified atom stereocenters. The van der Waals surface area contributed by atoms with E-state index in [9.17, 15) is 13.2 Å². The average Bonchev–Trinajstić information content (AvgIpc) is 3.23. The number of hydrogen-bond acceptors (Lipinski definition) is 4. The summed E-state index contributed by atoms with van der Waals surface area (Å²) in [6, 6.07) is 15.6. The SMILES string of the molecule is CNS(=O)(=O)c1ccc(C(=O)NCCc2ccc(-n3cccn3)cc2)cc1. The van der Waals surface area contributed by atoms with Crippen molar-refractivity contribution < 1.29 is 13.2 Å². The van der Waals surface area contributed by atoms with Crippen molar-refractivity contribution in [2.45, 2.75) is 11.3 Å². The molecule has 0 radical (unpaired) electrons. The number of aromatic nitrogens is 2. The number of sulfonamides is 1. The zero-order valence-corrected chi connectivity index (χ0v) is 15.6. The summed E-state index contributed by atoms with van der Waals surface area (Å²) in [7, 11) is -2.16. The van der Waals surface area contributed by atoms with Crippen molar-refractivity contribution in [3.05, 3.63) is 78.1 Å². The normalized spacial score (nSPS) is 11.3. The van der Waals surface area contributed by atoms with E-state index in [0.717, 1.165) is 11.3 Å². The lowest BCUT2D eigenvalue weighted by molar-refractivity contribution is 0.0954. The summed E-state index contributed by atoms with van der Waals surface area (Å²) in [6.45, 7) is 0.483. The zero-order valence-electron chi connectivity index (χ0n) is 14.8. The number of amides is 1. The van der Waals surface area contributed by atoms with Crippen molar-refractivity contribution in [3.8, 4) is 5.69 Å². The van der Waals surface area contributed by atoms with E-state index in [4.69, 9.17) is 0 Å².